The van der Waals surface area contributed by atoms with E-state index in [9.17, 15) is 0 Å². The van der Waals surface area contributed by atoms with Crippen molar-refractivity contribution in [2.45, 2.75) is 19.3 Å². The second kappa shape index (κ2) is 4.36. The van der Waals surface area contributed by atoms with E-state index in [4.69, 9.17) is 13.3 Å². The molecule has 0 saturated carbocycles. The highest BCUT2D eigenvalue weighted by molar-refractivity contribution is 6.01. The quantitative estimate of drug-likeness (QED) is 0.341. The molecule has 0 unspecified atom stereocenters. The first-order chi connectivity index (χ1) is 4.24. The molecule has 0 N–H and O–H groups in total. The van der Waals surface area contributed by atoms with Gasteiger partial charge in [-0.25, -0.2) is 0 Å². The number of rotatable bonds is 4. The highest BCUT2D eigenvalue weighted by Crippen LogP contribution is 2.14. The van der Waals surface area contributed by atoms with Crippen molar-refractivity contribution in [3.8, 4) is 0 Å². The molecular weight excluding hydrogens is 168 g/mol. The fourth-order valence-corrected chi connectivity index (χ4v) is 3.55. The molecule has 9 heavy (non-hydrogen) atoms. The zero-order valence-corrected chi connectivity index (χ0v) is 12.4. The van der Waals surface area contributed by atoms with Gasteiger partial charge in [0.05, 0.1) is 0 Å². The largest absolute Gasteiger partial charge is 0.382 e. The van der Waals surface area contributed by atoms with Crippen molar-refractivity contribution in [3.05, 3.63) is 0 Å². The molecule has 0 aliphatic heterocycles. The third kappa shape index (κ3) is 2.32. The fraction of sp³-hybridized carbons (Fsp3) is 1.00. The molecule has 0 heterocycles. The Balaban J connectivity index is 3.82. The van der Waals surface area contributed by atoms with Crippen molar-refractivity contribution in [2.24, 2.45) is 0 Å². The molecule has 0 aliphatic carbocycles. The van der Waals surface area contributed by atoms with Gasteiger partial charge in [-0.15, -0.1) is 0 Å². The van der Waals surface area contributed by atoms with Gasteiger partial charge in [0.2, 0.25) is 0 Å². The molecule has 0 aromatic carbocycles. The second-order valence-electron chi connectivity index (χ2n) is 1.65. The molecule has 0 bridgehead atoms. The zero-order valence-electron chi connectivity index (χ0n) is 6.43. The van der Waals surface area contributed by atoms with Gasteiger partial charge in [0.1, 0.15) is 0 Å². The Morgan fingerprint density at radius 1 is 1.11 bits per heavy atom. The van der Waals surface area contributed by atoms with Gasteiger partial charge in [0.25, 0.3) is 5.97 Å². The molecule has 0 radical (unpaired) electrons. The second-order valence-corrected chi connectivity index (χ2v) is 2.87. The molecule has 0 rings (SSSR count). The van der Waals surface area contributed by atoms with Crippen molar-refractivity contribution in [3.63, 3.8) is 0 Å². The summed E-state index contributed by atoms with van der Waals surface area (Å²) in [5.74, 6) is -0.648. The molecule has 0 amide bonds. The maximum atomic E-state index is 5.15. The molecule has 0 atom stereocenters. The summed E-state index contributed by atoms with van der Waals surface area (Å²) in [6.45, 7) is 1.99. The smallest absolute Gasteiger partial charge is 0.251 e. The summed E-state index contributed by atoms with van der Waals surface area (Å²) < 4.78 is 15.4. The highest BCUT2D eigenvalue weighted by Gasteiger charge is 2.23. The van der Waals surface area contributed by atoms with Crippen LogP contribution in [0.3, 0.4) is 0 Å². The Bertz CT molecular complexity index is 57.2. The van der Waals surface area contributed by atoms with Crippen molar-refractivity contribution in [1.82, 2.24) is 0 Å². The van der Waals surface area contributed by atoms with Crippen molar-refractivity contribution >= 4 is 31.5 Å². The van der Waals surface area contributed by atoms with Crippen LogP contribution in [0, 0.1) is 0 Å². The average Bonchev–Trinajstić information content (AvgIpc) is 1.95. The van der Waals surface area contributed by atoms with E-state index in [1.165, 1.54) is 0 Å². The minimum Gasteiger partial charge on any atom is -0.382 e. The third-order valence-electron chi connectivity index (χ3n) is 1.37. The normalized spacial score (nSPS) is 18.3. The predicted octanol–water partition coefficient (Wildman–Crippen LogP) is -3.06. The lowest BCUT2D eigenvalue weighted by molar-refractivity contribution is -0.250. The third-order valence-corrected chi connectivity index (χ3v) is 3.23. The SMILES string of the molecule is CCC(O[SiH3])(O[SiH3])O[SiH3]. The Kier molecular flexibility index (Phi) is 4.62. The predicted molar refractivity (Wildman–Crippen MR) is 46.1 cm³/mol. The van der Waals surface area contributed by atoms with Gasteiger partial charge in [-0.2, -0.15) is 0 Å². The Morgan fingerprint density at radius 2 is 1.44 bits per heavy atom. The van der Waals surface area contributed by atoms with Crippen molar-refractivity contribution in [2.75, 3.05) is 0 Å². The van der Waals surface area contributed by atoms with Crippen LogP contribution in [0.25, 0.3) is 0 Å². The fourth-order valence-electron chi connectivity index (χ4n) is 0.683. The van der Waals surface area contributed by atoms with Crippen molar-refractivity contribution in [1.29, 1.82) is 0 Å². The Hall–Kier alpha value is 0.531. The van der Waals surface area contributed by atoms with E-state index in [1.807, 2.05) is 6.92 Å². The lowest BCUT2D eigenvalue weighted by Crippen LogP contribution is -2.36. The van der Waals surface area contributed by atoms with Gasteiger partial charge in [0, 0.05) is 6.42 Å². The molecule has 0 aliphatic rings. The van der Waals surface area contributed by atoms with Gasteiger partial charge in [-0.1, -0.05) is 6.92 Å². The zero-order chi connectivity index (χ0) is 7.33. The van der Waals surface area contributed by atoms with Crippen LogP contribution in [0.15, 0.2) is 0 Å². The van der Waals surface area contributed by atoms with E-state index in [-0.39, 0.29) is 0 Å². The molecule has 6 heteroatoms. The van der Waals surface area contributed by atoms with E-state index in [1.54, 1.807) is 0 Å². The lowest BCUT2D eigenvalue weighted by Gasteiger charge is -2.29. The number of hydrogen-bond acceptors (Lipinski definition) is 3. The molecule has 56 valence electrons. The van der Waals surface area contributed by atoms with E-state index in [0.29, 0.717) is 31.5 Å². The maximum Gasteiger partial charge on any atom is 0.251 e. The molecule has 0 aromatic rings. The minimum absolute atomic E-state index is 0.648. The highest BCUT2D eigenvalue weighted by atomic mass is 28.2. The first-order valence-corrected chi connectivity index (χ1v) is 5.35. The van der Waals surface area contributed by atoms with Crippen LogP contribution in [-0.4, -0.2) is 37.4 Å². The Labute approximate surface area is 64.7 Å². The summed E-state index contributed by atoms with van der Waals surface area (Å²) in [4.78, 5) is 0. The first kappa shape index (κ1) is 9.53. The summed E-state index contributed by atoms with van der Waals surface area (Å²) in [6, 6.07) is 0. The summed E-state index contributed by atoms with van der Waals surface area (Å²) in [5.41, 5.74) is 0. The van der Waals surface area contributed by atoms with Gasteiger partial charge in [-0.05, 0) is 0 Å². The average molecular weight is 182 g/mol. The Morgan fingerprint density at radius 3 is 1.44 bits per heavy atom. The van der Waals surface area contributed by atoms with Crippen molar-refractivity contribution < 1.29 is 13.3 Å². The van der Waals surface area contributed by atoms with Crippen LogP contribution in [0.5, 0.6) is 0 Å². The summed E-state index contributed by atoms with van der Waals surface area (Å²) in [5, 5.41) is 0. The van der Waals surface area contributed by atoms with Crippen LogP contribution in [0.2, 0.25) is 0 Å². The topological polar surface area (TPSA) is 27.7 Å². The maximum absolute atomic E-state index is 5.15. The van der Waals surface area contributed by atoms with E-state index in [0.717, 1.165) is 6.42 Å². The van der Waals surface area contributed by atoms with Crippen LogP contribution >= 0.6 is 0 Å². The summed E-state index contributed by atoms with van der Waals surface area (Å²) >= 11 is 0. The molecule has 0 aromatic heterocycles. The van der Waals surface area contributed by atoms with Gasteiger partial charge < -0.3 is 13.3 Å². The summed E-state index contributed by atoms with van der Waals surface area (Å²) in [7, 11) is 2.01. The van der Waals surface area contributed by atoms with Crippen LogP contribution < -0.4 is 0 Å². The van der Waals surface area contributed by atoms with Crippen LogP contribution in [0.1, 0.15) is 13.3 Å². The van der Waals surface area contributed by atoms with Crippen LogP contribution in [-0.2, 0) is 13.3 Å². The van der Waals surface area contributed by atoms with Gasteiger partial charge in [0.15, 0.2) is 31.5 Å². The minimum atomic E-state index is -0.648. The number of hydrogen-bond donors (Lipinski definition) is 0. The van der Waals surface area contributed by atoms with Gasteiger partial charge in [-0.3, -0.25) is 0 Å². The van der Waals surface area contributed by atoms with E-state index < -0.39 is 5.97 Å². The first-order valence-electron chi connectivity index (χ1n) is 2.90. The monoisotopic (exact) mass is 182 g/mol. The van der Waals surface area contributed by atoms with E-state index in [2.05, 4.69) is 0 Å². The molecule has 3 nitrogen and oxygen atoms in total. The molecule has 0 saturated heterocycles. The lowest BCUT2D eigenvalue weighted by atomic mass is 10.4. The molecular formula is C3H14O3Si3. The van der Waals surface area contributed by atoms with Gasteiger partial charge >= 0.3 is 0 Å². The standard InChI is InChI=1S/C3H14O3Si3/c1-2-3(4-7,5-8)6-9/h2H2,1,7-9H3. The molecule has 0 spiro atoms. The van der Waals surface area contributed by atoms with Crippen LogP contribution in [0.4, 0.5) is 0 Å². The summed E-state index contributed by atoms with van der Waals surface area (Å²) in [6.07, 6.45) is 0.781. The van der Waals surface area contributed by atoms with E-state index >= 15 is 0 Å². The molecule has 0 fully saturated rings.